The van der Waals surface area contributed by atoms with E-state index in [1.54, 1.807) is 4.90 Å². The number of primary sulfonamides is 1. The SMILES string of the molecule is CCCN(CC)C(=O)c1cc(S(N)(=O)=O)ccc1Br. The Morgan fingerprint density at radius 3 is 2.47 bits per heavy atom. The van der Waals surface area contributed by atoms with E-state index in [0.29, 0.717) is 23.1 Å². The largest absolute Gasteiger partial charge is 0.339 e. The lowest BCUT2D eigenvalue weighted by Gasteiger charge is -2.21. The Balaban J connectivity index is 3.22. The molecule has 2 N–H and O–H groups in total. The summed E-state index contributed by atoms with van der Waals surface area (Å²) in [6, 6.07) is 4.19. The molecule has 0 spiro atoms. The molecule has 0 radical (unpaired) electrons. The fourth-order valence-electron chi connectivity index (χ4n) is 1.69. The first-order valence-corrected chi connectivity index (χ1v) is 8.26. The van der Waals surface area contributed by atoms with Gasteiger partial charge in [0.1, 0.15) is 0 Å². The van der Waals surface area contributed by atoms with Crippen LogP contribution in [-0.2, 0) is 10.0 Å². The smallest absolute Gasteiger partial charge is 0.255 e. The van der Waals surface area contributed by atoms with Gasteiger partial charge in [0.2, 0.25) is 10.0 Å². The van der Waals surface area contributed by atoms with Gasteiger partial charge < -0.3 is 4.90 Å². The van der Waals surface area contributed by atoms with Crippen molar-refractivity contribution >= 4 is 31.9 Å². The van der Waals surface area contributed by atoms with E-state index < -0.39 is 10.0 Å². The lowest BCUT2D eigenvalue weighted by atomic mass is 10.2. The van der Waals surface area contributed by atoms with E-state index in [0.717, 1.165) is 6.42 Å². The number of hydrogen-bond acceptors (Lipinski definition) is 3. The molecule has 0 aliphatic rings. The highest BCUT2D eigenvalue weighted by molar-refractivity contribution is 9.10. The van der Waals surface area contributed by atoms with Crippen molar-refractivity contribution in [2.45, 2.75) is 25.2 Å². The molecule has 106 valence electrons. The number of carbonyl (C=O) groups excluding carboxylic acids is 1. The van der Waals surface area contributed by atoms with E-state index in [4.69, 9.17) is 5.14 Å². The summed E-state index contributed by atoms with van der Waals surface area (Å²) >= 11 is 3.26. The fraction of sp³-hybridized carbons (Fsp3) is 0.417. The second-order valence-electron chi connectivity index (χ2n) is 4.07. The van der Waals surface area contributed by atoms with Crippen molar-refractivity contribution in [1.82, 2.24) is 4.90 Å². The highest BCUT2D eigenvalue weighted by Gasteiger charge is 2.19. The first-order valence-electron chi connectivity index (χ1n) is 5.92. The van der Waals surface area contributed by atoms with E-state index in [9.17, 15) is 13.2 Å². The van der Waals surface area contributed by atoms with Crippen LogP contribution < -0.4 is 5.14 Å². The van der Waals surface area contributed by atoms with Gasteiger partial charge in [0, 0.05) is 17.6 Å². The second-order valence-corrected chi connectivity index (χ2v) is 6.49. The molecule has 0 bridgehead atoms. The van der Waals surface area contributed by atoms with E-state index in [-0.39, 0.29) is 10.8 Å². The predicted molar refractivity (Wildman–Crippen MR) is 77.4 cm³/mol. The number of carbonyl (C=O) groups is 1. The van der Waals surface area contributed by atoms with Crippen molar-refractivity contribution in [2.75, 3.05) is 13.1 Å². The Hall–Kier alpha value is -0.920. The molecule has 0 unspecified atom stereocenters. The molecule has 0 saturated carbocycles. The monoisotopic (exact) mass is 348 g/mol. The summed E-state index contributed by atoms with van der Waals surface area (Å²) in [7, 11) is -3.81. The molecular formula is C12H17BrN2O3S. The number of halogens is 1. The summed E-state index contributed by atoms with van der Waals surface area (Å²) in [6.45, 7) is 5.05. The minimum absolute atomic E-state index is 0.0633. The Morgan fingerprint density at radius 1 is 1.37 bits per heavy atom. The van der Waals surface area contributed by atoms with Crippen molar-refractivity contribution in [3.05, 3.63) is 28.2 Å². The van der Waals surface area contributed by atoms with Crippen molar-refractivity contribution in [3.8, 4) is 0 Å². The summed E-state index contributed by atoms with van der Waals surface area (Å²) in [5, 5.41) is 5.08. The third-order valence-electron chi connectivity index (χ3n) is 2.66. The minimum atomic E-state index is -3.81. The Morgan fingerprint density at radius 2 is 2.00 bits per heavy atom. The van der Waals surface area contributed by atoms with Gasteiger partial charge in [-0.05, 0) is 47.5 Å². The molecule has 5 nitrogen and oxygen atoms in total. The van der Waals surface area contributed by atoms with Gasteiger partial charge in [-0.3, -0.25) is 4.79 Å². The summed E-state index contributed by atoms with van der Waals surface area (Å²) < 4.78 is 23.2. The van der Waals surface area contributed by atoms with Crippen LogP contribution in [0.1, 0.15) is 30.6 Å². The third kappa shape index (κ3) is 4.02. The number of hydrogen-bond donors (Lipinski definition) is 1. The average Bonchev–Trinajstić information content (AvgIpc) is 2.34. The first kappa shape index (κ1) is 16.1. The van der Waals surface area contributed by atoms with E-state index in [1.165, 1.54) is 18.2 Å². The van der Waals surface area contributed by atoms with Gasteiger partial charge in [0.05, 0.1) is 10.5 Å². The highest BCUT2D eigenvalue weighted by Crippen LogP contribution is 2.22. The summed E-state index contributed by atoms with van der Waals surface area (Å²) in [6.07, 6.45) is 0.839. The molecule has 1 aromatic carbocycles. The standard InChI is InChI=1S/C12H17BrN2O3S/c1-3-7-15(4-2)12(16)10-8-9(19(14,17)18)5-6-11(10)13/h5-6,8H,3-4,7H2,1-2H3,(H2,14,17,18). The number of benzene rings is 1. The Bertz CT molecular complexity index is 572. The van der Waals surface area contributed by atoms with Gasteiger partial charge in [-0.25, -0.2) is 13.6 Å². The zero-order valence-corrected chi connectivity index (χ0v) is 13.3. The van der Waals surface area contributed by atoms with Crippen LogP contribution >= 0.6 is 15.9 Å². The molecule has 19 heavy (non-hydrogen) atoms. The lowest BCUT2D eigenvalue weighted by molar-refractivity contribution is 0.0763. The van der Waals surface area contributed by atoms with Crippen LogP contribution in [0.15, 0.2) is 27.6 Å². The zero-order chi connectivity index (χ0) is 14.6. The predicted octanol–water partition coefficient (Wildman–Crippen LogP) is 1.97. The van der Waals surface area contributed by atoms with Crippen molar-refractivity contribution < 1.29 is 13.2 Å². The van der Waals surface area contributed by atoms with Crippen LogP contribution in [0.3, 0.4) is 0 Å². The zero-order valence-electron chi connectivity index (χ0n) is 10.9. The number of nitrogens with zero attached hydrogens (tertiary/aromatic N) is 1. The summed E-state index contributed by atoms with van der Waals surface area (Å²) in [5.74, 6) is -0.207. The minimum Gasteiger partial charge on any atom is -0.339 e. The molecular weight excluding hydrogens is 332 g/mol. The maximum atomic E-state index is 12.3. The molecule has 0 aliphatic heterocycles. The van der Waals surface area contributed by atoms with Crippen LogP contribution in [-0.4, -0.2) is 32.3 Å². The molecule has 0 aromatic heterocycles. The molecule has 7 heteroatoms. The lowest BCUT2D eigenvalue weighted by Crippen LogP contribution is -2.32. The quantitative estimate of drug-likeness (QED) is 0.883. The van der Waals surface area contributed by atoms with Crippen LogP contribution in [0.5, 0.6) is 0 Å². The molecule has 1 aromatic rings. The molecule has 1 amide bonds. The van der Waals surface area contributed by atoms with Crippen LogP contribution in [0, 0.1) is 0 Å². The van der Waals surface area contributed by atoms with Crippen LogP contribution in [0.4, 0.5) is 0 Å². The molecule has 0 aliphatic carbocycles. The van der Waals surface area contributed by atoms with Gasteiger partial charge in [0.15, 0.2) is 0 Å². The van der Waals surface area contributed by atoms with E-state index in [1.807, 2.05) is 13.8 Å². The van der Waals surface area contributed by atoms with Gasteiger partial charge in [0.25, 0.3) is 5.91 Å². The summed E-state index contributed by atoms with van der Waals surface area (Å²) in [5.41, 5.74) is 0.307. The molecule has 0 heterocycles. The normalized spacial score (nSPS) is 11.4. The van der Waals surface area contributed by atoms with Gasteiger partial charge in [-0.15, -0.1) is 0 Å². The second kappa shape index (κ2) is 6.49. The van der Waals surface area contributed by atoms with Gasteiger partial charge in [-0.1, -0.05) is 6.92 Å². The number of rotatable bonds is 5. The Labute approximate surface area is 122 Å². The third-order valence-corrected chi connectivity index (χ3v) is 4.26. The van der Waals surface area contributed by atoms with Crippen molar-refractivity contribution in [2.24, 2.45) is 5.14 Å². The van der Waals surface area contributed by atoms with Gasteiger partial charge in [-0.2, -0.15) is 0 Å². The highest BCUT2D eigenvalue weighted by atomic mass is 79.9. The number of amides is 1. The van der Waals surface area contributed by atoms with Gasteiger partial charge >= 0.3 is 0 Å². The molecule has 1 rings (SSSR count). The fourth-order valence-corrected chi connectivity index (χ4v) is 2.64. The molecule has 0 atom stereocenters. The van der Waals surface area contributed by atoms with E-state index >= 15 is 0 Å². The number of nitrogens with two attached hydrogens (primary N) is 1. The Kier molecular flexibility index (Phi) is 5.51. The van der Waals surface area contributed by atoms with Crippen molar-refractivity contribution in [3.63, 3.8) is 0 Å². The van der Waals surface area contributed by atoms with Crippen LogP contribution in [0.2, 0.25) is 0 Å². The maximum absolute atomic E-state index is 12.3. The first-order chi connectivity index (χ1) is 8.81. The van der Waals surface area contributed by atoms with Crippen molar-refractivity contribution in [1.29, 1.82) is 0 Å². The van der Waals surface area contributed by atoms with E-state index in [2.05, 4.69) is 15.9 Å². The maximum Gasteiger partial charge on any atom is 0.255 e. The molecule has 0 saturated heterocycles. The van der Waals surface area contributed by atoms with Crippen LogP contribution in [0.25, 0.3) is 0 Å². The molecule has 0 fully saturated rings. The topological polar surface area (TPSA) is 80.5 Å². The average molecular weight is 349 g/mol. The summed E-state index contributed by atoms with van der Waals surface area (Å²) in [4.78, 5) is 13.9. The number of sulfonamides is 1.